The van der Waals surface area contributed by atoms with Gasteiger partial charge in [-0.05, 0) is 35.9 Å². The minimum absolute atomic E-state index is 0.00880. The molecule has 0 radical (unpaired) electrons. The van der Waals surface area contributed by atoms with E-state index in [9.17, 15) is 14.9 Å². The molecule has 4 rings (SSSR count). The van der Waals surface area contributed by atoms with E-state index >= 15 is 0 Å². The maximum atomic E-state index is 12.3. The first-order chi connectivity index (χ1) is 14.0. The lowest BCUT2D eigenvalue weighted by atomic mass is 10.2. The van der Waals surface area contributed by atoms with E-state index < -0.39 is 10.8 Å². The fourth-order valence-corrected chi connectivity index (χ4v) is 3.87. The lowest BCUT2D eigenvalue weighted by Crippen LogP contribution is -2.17. The van der Waals surface area contributed by atoms with Crippen LogP contribution in [0.3, 0.4) is 0 Å². The van der Waals surface area contributed by atoms with E-state index in [4.69, 9.17) is 0 Å². The number of aromatic nitrogens is 2. The molecule has 1 amide bonds. The molecule has 0 aliphatic heterocycles. The Morgan fingerprint density at radius 2 is 2.07 bits per heavy atom. The van der Waals surface area contributed by atoms with Gasteiger partial charge in [0.25, 0.3) is 11.6 Å². The number of hydrogen-bond acceptors (Lipinski definition) is 6. The number of hydrazone groups is 1. The summed E-state index contributed by atoms with van der Waals surface area (Å²) in [6.07, 6.45) is 3.27. The molecule has 2 aromatic heterocycles. The molecule has 2 aromatic carbocycles. The minimum atomic E-state index is -0.477. The summed E-state index contributed by atoms with van der Waals surface area (Å²) in [6, 6.07) is 11.7. The summed E-state index contributed by atoms with van der Waals surface area (Å²) in [4.78, 5) is 30.1. The highest BCUT2D eigenvalue weighted by atomic mass is 79.9. The van der Waals surface area contributed by atoms with Gasteiger partial charge in [-0.25, -0.2) is 10.4 Å². The number of nitrogens with zero attached hydrogens (tertiary/aromatic N) is 3. The number of H-pyrrole nitrogens is 1. The number of rotatable bonds is 5. The van der Waals surface area contributed by atoms with Gasteiger partial charge in [-0.2, -0.15) is 5.10 Å². The van der Waals surface area contributed by atoms with Crippen LogP contribution in [0.2, 0.25) is 0 Å². The van der Waals surface area contributed by atoms with Crippen molar-refractivity contribution < 1.29 is 9.72 Å². The second-order valence-electron chi connectivity index (χ2n) is 5.98. The molecule has 0 atom stereocenters. The molecule has 29 heavy (non-hydrogen) atoms. The topological polar surface area (TPSA) is 113 Å². The summed E-state index contributed by atoms with van der Waals surface area (Å²) in [5.74, 6) is -0.438. The van der Waals surface area contributed by atoms with Gasteiger partial charge in [0, 0.05) is 44.6 Å². The number of thiazole rings is 1. The van der Waals surface area contributed by atoms with Gasteiger partial charge in [0.05, 0.1) is 11.1 Å². The number of fused-ring (bicyclic) bond motifs is 1. The van der Waals surface area contributed by atoms with Crippen molar-refractivity contribution in [2.24, 2.45) is 5.10 Å². The van der Waals surface area contributed by atoms with Crippen LogP contribution in [0.15, 0.2) is 63.6 Å². The molecule has 0 fully saturated rings. The zero-order valence-corrected chi connectivity index (χ0v) is 17.0. The first-order valence-corrected chi connectivity index (χ1v) is 9.99. The first kappa shape index (κ1) is 19.0. The third-order valence-corrected chi connectivity index (χ3v) is 5.46. The Labute approximate surface area is 176 Å². The van der Waals surface area contributed by atoms with E-state index in [0.29, 0.717) is 5.56 Å². The summed E-state index contributed by atoms with van der Waals surface area (Å²) in [5, 5.41) is 17.9. The second-order valence-corrected chi connectivity index (χ2v) is 7.75. The molecule has 4 aromatic rings. The van der Waals surface area contributed by atoms with Gasteiger partial charge in [-0.3, -0.25) is 14.9 Å². The Morgan fingerprint density at radius 3 is 2.83 bits per heavy atom. The highest BCUT2D eigenvalue weighted by molar-refractivity contribution is 9.10. The number of benzene rings is 2. The van der Waals surface area contributed by atoms with Crippen molar-refractivity contribution in [2.75, 3.05) is 0 Å². The maximum Gasteiger partial charge on any atom is 0.290 e. The van der Waals surface area contributed by atoms with Gasteiger partial charge in [-0.15, -0.1) is 11.3 Å². The number of halogens is 1. The Morgan fingerprint density at radius 1 is 1.28 bits per heavy atom. The smallest absolute Gasteiger partial charge is 0.290 e. The van der Waals surface area contributed by atoms with E-state index in [0.717, 1.165) is 25.9 Å². The monoisotopic (exact) mass is 469 g/mol. The van der Waals surface area contributed by atoms with Gasteiger partial charge in [0.2, 0.25) is 0 Å². The van der Waals surface area contributed by atoms with Crippen LogP contribution in [-0.4, -0.2) is 27.0 Å². The summed E-state index contributed by atoms with van der Waals surface area (Å²) < 4.78 is 0.959. The lowest BCUT2D eigenvalue weighted by molar-refractivity contribution is -0.384. The zero-order valence-electron chi connectivity index (χ0n) is 14.6. The Kier molecular flexibility index (Phi) is 5.19. The molecule has 10 heteroatoms. The van der Waals surface area contributed by atoms with Crippen LogP contribution in [0.1, 0.15) is 16.1 Å². The van der Waals surface area contributed by atoms with E-state index in [1.54, 1.807) is 17.5 Å². The van der Waals surface area contributed by atoms with Crippen molar-refractivity contribution in [2.45, 2.75) is 0 Å². The van der Waals surface area contributed by atoms with Crippen LogP contribution in [0.5, 0.6) is 0 Å². The molecule has 0 saturated carbocycles. The number of hydrogen-bond donors (Lipinski definition) is 2. The third-order valence-electron chi connectivity index (χ3n) is 4.09. The predicted molar refractivity (Wildman–Crippen MR) is 115 cm³/mol. The standard InChI is InChI=1S/C19H12BrN5O3S/c20-12-3-6-16-14(7-12)15(9-21-16)19-23-17(10-29-19)18(26)24-22-8-11-1-4-13(5-2-11)25(27)28/h1-10,21H,(H,24,26). The molecule has 2 heterocycles. The molecule has 2 N–H and O–H groups in total. The summed E-state index contributed by atoms with van der Waals surface area (Å²) in [6.45, 7) is 0. The fraction of sp³-hybridized carbons (Fsp3) is 0. The van der Waals surface area contributed by atoms with Crippen molar-refractivity contribution in [3.8, 4) is 10.6 Å². The van der Waals surface area contributed by atoms with Crippen LogP contribution < -0.4 is 5.43 Å². The molecule has 0 aliphatic carbocycles. The largest absolute Gasteiger partial charge is 0.360 e. The van der Waals surface area contributed by atoms with Gasteiger partial charge in [0.1, 0.15) is 10.7 Å². The summed E-state index contributed by atoms with van der Waals surface area (Å²) in [7, 11) is 0. The predicted octanol–water partition coefficient (Wildman–Crippen LogP) is 4.73. The van der Waals surface area contributed by atoms with Crippen LogP contribution in [0.4, 0.5) is 5.69 Å². The highest BCUT2D eigenvalue weighted by Crippen LogP contribution is 2.32. The van der Waals surface area contributed by atoms with E-state index in [-0.39, 0.29) is 11.4 Å². The summed E-state index contributed by atoms with van der Waals surface area (Å²) >= 11 is 4.83. The van der Waals surface area contributed by atoms with Crippen molar-refractivity contribution >= 4 is 56.0 Å². The lowest BCUT2D eigenvalue weighted by Gasteiger charge is -1.97. The van der Waals surface area contributed by atoms with Gasteiger partial charge >= 0.3 is 0 Å². The average Bonchev–Trinajstić information content (AvgIpc) is 3.35. The van der Waals surface area contributed by atoms with Crippen LogP contribution in [0, 0.1) is 10.1 Å². The van der Waals surface area contributed by atoms with Crippen molar-refractivity contribution in [1.82, 2.24) is 15.4 Å². The van der Waals surface area contributed by atoms with E-state index in [1.807, 2.05) is 24.4 Å². The highest BCUT2D eigenvalue weighted by Gasteiger charge is 2.14. The molecule has 0 bridgehead atoms. The SMILES string of the molecule is O=C(NN=Cc1ccc([N+](=O)[O-])cc1)c1csc(-c2c[nH]c3ccc(Br)cc23)n1. The van der Waals surface area contributed by atoms with Crippen molar-refractivity contribution in [3.05, 3.63) is 79.9 Å². The molecule has 0 aliphatic rings. The van der Waals surface area contributed by atoms with Gasteiger partial charge in [0.15, 0.2) is 0 Å². The number of aromatic amines is 1. The molecule has 8 nitrogen and oxygen atoms in total. The molecule has 0 spiro atoms. The van der Waals surface area contributed by atoms with Crippen LogP contribution in [-0.2, 0) is 0 Å². The average molecular weight is 470 g/mol. The quantitative estimate of drug-likeness (QED) is 0.250. The molecule has 144 valence electrons. The number of amides is 1. The second kappa shape index (κ2) is 7.94. The van der Waals surface area contributed by atoms with E-state index in [1.165, 1.54) is 29.7 Å². The van der Waals surface area contributed by atoms with E-state index in [2.05, 4.69) is 36.4 Å². The number of carbonyl (C=O) groups is 1. The number of carbonyl (C=O) groups excluding carboxylic acids is 1. The molecular weight excluding hydrogens is 458 g/mol. The molecule has 0 unspecified atom stereocenters. The van der Waals surface area contributed by atoms with Gasteiger partial charge in [-0.1, -0.05) is 15.9 Å². The van der Waals surface area contributed by atoms with Gasteiger partial charge < -0.3 is 4.98 Å². The number of nitro benzene ring substituents is 1. The number of nitrogens with one attached hydrogen (secondary N) is 2. The molecular formula is C19H12BrN5O3S. The maximum absolute atomic E-state index is 12.3. The third kappa shape index (κ3) is 4.08. The van der Waals surface area contributed by atoms with Crippen molar-refractivity contribution in [1.29, 1.82) is 0 Å². The number of non-ortho nitro benzene ring substituents is 1. The first-order valence-electron chi connectivity index (χ1n) is 8.31. The number of nitro groups is 1. The Hall–Kier alpha value is -3.37. The minimum Gasteiger partial charge on any atom is -0.360 e. The Bertz CT molecular complexity index is 1250. The zero-order chi connectivity index (χ0) is 20.4. The fourth-order valence-electron chi connectivity index (χ4n) is 2.68. The Balaban J connectivity index is 1.47. The molecule has 0 saturated heterocycles. The van der Waals surface area contributed by atoms with Crippen LogP contribution in [0.25, 0.3) is 21.5 Å². The van der Waals surface area contributed by atoms with Crippen LogP contribution >= 0.6 is 27.3 Å². The van der Waals surface area contributed by atoms with Crippen molar-refractivity contribution in [3.63, 3.8) is 0 Å². The summed E-state index contributed by atoms with van der Waals surface area (Å²) in [5.41, 5.74) is 5.19. The normalized spacial score (nSPS) is 11.2.